The van der Waals surface area contributed by atoms with E-state index in [0.29, 0.717) is 30.5 Å². The fourth-order valence-corrected chi connectivity index (χ4v) is 5.95. The SMILES string of the molecule is Cc1cc2c(C(N)=O)cccc2n1-c1nc(NCc2ccccc2)c2ccc(C3CCN(C(=O)C4CC4)C3)n2n1. The fourth-order valence-electron chi connectivity index (χ4n) is 5.95. The Balaban J connectivity index is 1.34. The Bertz CT molecular complexity index is 1770. The Kier molecular flexibility index (Phi) is 5.80. The van der Waals surface area contributed by atoms with Crippen molar-refractivity contribution in [2.24, 2.45) is 11.7 Å². The number of rotatable bonds is 7. The van der Waals surface area contributed by atoms with Gasteiger partial charge in [0.05, 0.1) is 5.52 Å². The van der Waals surface area contributed by atoms with Gasteiger partial charge in [-0.1, -0.05) is 36.4 Å². The first-order valence-corrected chi connectivity index (χ1v) is 13.9. The Morgan fingerprint density at radius 1 is 1.00 bits per heavy atom. The number of amides is 2. The summed E-state index contributed by atoms with van der Waals surface area (Å²) >= 11 is 0. The zero-order chi connectivity index (χ0) is 27.4. The van der Waals surface area contributed by atoms with Crippen LogP contribution >= 0.6 is 0 Å². The van der Waals surface area contributed by atoms with E-state index < -0.39 is 5.91 Å². The number of hydrogen-bond donors (Lipinski definition) is 2. The molecule has 3 N–H and O–H groups in total. The molecule has 3 aromatic heterocycles. The van der Waals surface area contributed by atoms with Gasteiger partial charge in [0.25, 0.3) is 5.95 Å². The predicted molar refractivity (Wildman–Crippen MR) is 154 cm³/mol. The molecule has 2 amide bonds. The minimum Gasteiger partial charge on any atom is -0.366 e. The third-order valence-corrected chi connectivity index (χ3v) is 8.17. The van der Waals surface area contributed by atoms with Crippen molar-refractivity contribution in [1.82, 2.24) is 24.1 Å². The van der Waals surface area contributed by atoms with Gasteiger partial charge in [-0.15, -0.1) is 5.10 Å². The number of aromatic nitrogens is 4. The number of fused-ring (bicyclic) bond motifs is 2. The van der Waals surface area contributed by atoms with Crippen LogP contribution in [0.4, 0.5) is 5.82 Å². The number of primary amides is 1. The third kappa shape index (κ3) is 4.18. The number of carbonyl (C=O) groups is 2. The summed E-state index contributed by atoms with van der Waals surface area (Å²) in [6.45, 7) is 4.07. The average Bonchev–Trinajstić information content (AvgIpc) is 3.38. The smallest absolute Gasteiger partial charge is 0.254 e. The molecule has 0 radical (unpaired) electrons. The second-order valence-electron chi connectivity index (χ2n) is 10.9. The Hall–Kier alpha value is -4.66. The zero-order valence-electron chi connectivity index (χ0n) is 22.4. The van der Waals surface area contributed by atoms with E-state index in [2.05, 4.69) is 29.6 Å². The number of hydrogen-bond acceptors (Lipinski definition) is 5. The van der Waals surface area contributed by atoms with E-state index in [-0.39, 0.29) is 11.8 Å². The average molecular weight is 534 g/mol. The van der Waals surface area contributed by atoms with Crippen molar-refractivity contribution in [3.05, 3.63) is 89.2 Å². The van der Waals surface area contributed by atoms with E-state index in [1.165, 1.54) is 0 Å². The highest BCUT2D eigenvalue weighted by molar-refractivity contribution is 6.06. The van der Waals surface area contributed by atoms with Gasteiger partial charge in [0.1, 0.15) is 5.52 Å². The lowest BCUT2D eigenvalue weighted by Crippen LogP contribution is -2.29. The van der Waals surface area contributed by atoms with Crippen LogP contribution in [0.2, 0.25) is 0 Å². The van der Waals surface area contributed by atoms with Crippen LogP contribution in [0.1, 0.15) is 52.5 Å². The molecule has 1 atom stereocenters. The molecule has 1 aliphatic carbocycles. The van der Waals surface area contributed by atoms with E-state index in [9.17, 15) is 9.59 Å². The lowest BCUT2D eigenvalue weighted by molar-refractivity contribution is -0.131. The number of aryl methyl sites for hydroxylation is 1. The molecule has 1 saturated carbocycles. The first-order chi connectivity index (χ1) is 19.5. The van der Waals surface area contributed by atoms with Crippen LogP contribution in [0.15, 0.2) is 66.7 Å². The van der Waals surface area contributed by atoms with Crippen molar-refractivity contribution in [1.29, 1.82) is 0 Å². The van der Waals surface area contributed by atoms with Gasteiger partial charge in [0, 0.05) is 53.8 Å². The van der Waals surface area contributed by atoms with Crippen LogP contribution in [0.25, 0.3) is 22.4 Å². The van der Waals surface area contributed by atoms with Crippen molar-refractivity contribution in [3.8, 4) is 5.95 Å². The third-order valence-electron chi connectivity index (χ3n) is 8.17. The van der Waals surface area contributed by atoms with Crippen molar-refractivity contribution >= 4 is 34.1 Å². The van der Waals surface area contributed by atoms with Gasteiger partial charge >= 0.3 is 0 Å². The molecule has 2 aliphatic rings. The van der Waals surface area contributed by atoms with Crippen LogP contribution in [-0.4, -0.2) is 49.0 Å². The normalized spacial score (nSPS) is 17.1. The molecule has 2 aromatic carbocycles. The van der Waals surface area contributed by atoms with Gasteiger partial charge in [0.15, 0.2) is 5.82 Å². The Labute approximate surface area is 231 Å². The summed E-state index contributed by atoms with van der Waals surface area (Å²) in [7, 11) is 0. The van der Waals surface area contributed by atoms with Gasteiger partial charge < -0.3 is 16.0 Å². The minimum absolute atomic E-state index is 0.193. The van der Waals surface area contributed by atoms with E-state index in [4.69, 9.17) is 15.8 Å². The van der Waals surface area contributed by atoms with Gasteiger partial charge in [-0.2, -0.15) is 4.98 Å². The van der Waals surface area contributed by atoms with Crippen molar-refractivity contribution in [2.75, 3.05) is 18.4 Å². The van der Waals surface area contributed by atoms with Crippen LogP contribution in [0, 0.1) is 12.8 Å². The Morgan fingerprint density at radius 3 is 2.60 bits per heavy atom. The molecule has 40 heavy (non-hydrogen) atoms. The quantitative estimate of drug-likeness (QED) is 0.322. The molecule has 9 heteroatoms. The lowest BCUT2D eigenvalue weighted by atomic mass is 10.1. The van der Waals surface area contributed by atoms with Crippen molar-refractivity contribution in [2.45, 2.75) is 38.6 Å². The Morgan fingerprint density at radius 2 is 1.82 bits per heavy atom. The fraction of sp³-hybridized carbons (Fsp3) is 0.290. The maximum atomic E-state index is 12.8. The molecule has 9 nitrogen and oxygen atoms in total. The van der Waals surface area contributed by atoms with E-state index in [1.807, 2.05) is 57.3 Å². The summed E-state index contributed by atoms with van der Waals surface area (Å²) in [5.41, 5.74) is 11.0. The van der Waals surface area contributed by atoms with Gasteiger partial charge in [-0.05, 0) is 62.1 Å². The first kappa shape index (κ1) is 24.4. The molecular weight excluding hydrogens is 502 g/mol. The van der Waals surface area contributed by atoms with Crippen molar-refractivity contribution < 1.29 is 9.59 Å². The van der Waals surface area contributed by atoms with E-state index >= 15 is 0 Å². The summed E-state index contributed by atoms with van der Waals surface area (Å²) in [4.78, 5) is 31.9. The van der Waals surface area contributed by atoms with E-state index in [0.717, 1.165) is 65.0 Å². The molecule has 1 aliphatic heterocycles. The number of nitrogens with two attached hydrogens (primary N) is 1. The molecular formula is C31H31N7O2. The summed E-state index contributed by atoms with van der Waals surface area (Å²) in [6, 6.07) is 21.9. The second kappa shape index (κ2) is 9.51. The highest BCUT2D eigenvalue weighted by Gasteiger charge is 2.37. The summed E-state index contributed by atoms with van der Waals surface area (Å²) < 4.78 is 3.95. The molecule has 1 saturated heterocycles. The topological polar surface area (TPSA) is 111 Å². The minimum atomic E-state index is -0.469. The molecule has 7 rings (SSSR count). The molecule has 2 fully saturated rings. The van der Waals surface area contributed by atoms with Gasteiger partial charge in [-0.3, -0.25) is 14.2 Å². The molecule has 1 unspecified atom stereocenters. The van der Waals surface area contributed by atoms with E-state index in [1.54, 1.807) is 6.07 Å². The van der Waals surface area contributed by atoms with Crippen LogP contribution in [-0.2, 0) is 11.3 Å². The number of benzene rings is 2. The summed E-state index contributed by atoms with van der Waals surface area (Å²) in [5, 5.41) is 9.35. The maximum absolute atomic E-state index is 12.8. The highest BCUT2D eigenvalue weighted by atomic mass is 16.2. The van der Waals surface area contributed by atoms with Gasteiger partial charge in [-0.25, -0.2) is 4.52 Å². The maximum Gasteiger partial charge on any atom is 0.254 e. The van der Waals surface area contributed by atoms with Crippen LogP contribution in [0.3, 0.4) is 0 Å². The number of nitrogens with one attached hydrogen (secondary N) is 1. The molecule has 0 bridgehead atoms. The number of anilines is 1. The highest BCUT2D eigenvalue weighted by Crippen LogP contribution is 2.36. The standard InChI is InChI=1S/C31H31N7O2/c1-19-16-24-23(28(32)39)8-5-9-26(24)37(19)31-34-29(33-17-20-6-3-2-4-7-20)27-13-12-25(38(27)35-31)22-14-15-36(18-22)30(40)21-10-11-21/h2-9,12-13,16,21-22H,10-11,14-15,17-18H2,1H3,(H2,32,39)(H,33,34,35). The lowest BCUT2D eigenvalue weighted by Gasteiger charge is -2.17. The van der Waals surface area contributed by atoms with Gasteiger partial charge in [0.2, 0.25) is 11.8 Å². The monoisotopic (exact) mass is 533 g/mol. The summed E-state index contributed by atoms with van der Waals surface area (Å²) in [6.07, 6.45) is 2.94. The number of carbonyl (C=O) groups excluding carboxylic acids is 2. The number of likely N-dealkylation sites (tertiary alicyclic amines) is 1. The summed E-state index contributed by atoms with van der Waals surface area (Å²) in [5.74, 6) is 1.46. The molecule has 202 valence electrons. The van der Waals surface area contributed by atoms with Crippen molar-refractivity contribution in [3.63, 3.8) is 0 Å². The second-order valence-corrected chi connectivity index (χ2v) is 10.9. The number of nitrogens with zero attached hydrogens (tertiary/aromatic N) is 5. The predicted octanol–water partition coefficient (Wildman–Crippen LogP) is 4.42. The molecule has 5 aromatic rings. The first-order valence-electron chi connectivity index (χ1n) is 13.9. The largest absolute Gasteiger partial charge is 0.366 e. The van der Waals surface area contributed by atoms with Crippen LogP contribution < -0.4 is 11.1 Å². The molecule has 4 heterocycles. The molecule has 0 spiro atoms. The zero-order valence-corrected chi connectivity index (χ0v) is 22.4. The van der Waals surface area contributed by atoms with Crippen LogP contribution in [0.5, 0.6) is 0 Å².